The lowest BCUT2D eigenvalue weighted by Crippen LogP contribution is -2.45. The summed E-state index contributed by atoms with van der Waals surface area (Å²) in [5, 5.41) is 12.8. The number of amides is 1. The Balaban J connectivity index is 1.65. The summed E-state index contributed by atoms with van der Waals surface area (Å²) in [5.74, 6) is 0.917. The lowest BCUT2D eigenvalue weighted by atomic mass is 9.92. The molecular weight excluding hydrogens is 214 g/mol. The zero-order valence-corrected chi connectivity index (χ0v) is 10.7. The van der Waals surface area contributed by atoms with Crippen LogP contribution in [0.15, 0.2) is 0 Å². The fourth-order valence-electron chi connectivity index (χ4n) is 3.19. The van der Waals surface area contributed by atoms with Crippen LogP contribution in [0, 0.1) is 5.92 Å². The van der Waals surface area contributed by atoms with Crippen molar-refractivity contribution in [2.75, 3.05) is 0 Å². The Hall–Kier alpha value is -0.570. The SMILES string of the molecule is O=C(CCC1CCCC1)NC1CCCCC1O. The maximum absolute atomic E-state index is 11.8. The highest BCUT2D eigenvalue weighted by atomic mass is 16.3. The minimum absolute atomic E-state index is 0.0137. The Morgan fingerprint density at radius 1 is 1.06 bits per heavy atom. The Labute approximate surface area is 104 Å². The van der Waals surface area contributed by atoms with E-state index in [1.165, 1.54) is 25.7 Å². The largest absolute Gasteiger partial charge is 0.391 e. The lowest BCUT2D eigenvalue weighted by molar-refractivity contribution is -0.123. The molecule has 3 nitrogen and oxygen atoms in total. The van der Waals surface area contributed by atoms with Gasteiger partial charge < -0.3 is 10.4 Å². The third-order valence-corrected chi connectivity index (χ3v) is 4.33. The van der Waals surface area contributed by atoms with Gasteiger partial charge in [-0.05, 0) is 25.2 Å². The molecule has 2 saturated carbocycles. The standard InChI is InChI=1S/C14H25NO2/c16-13-8-4-3-7-12(13)15-14(17)10-9-11-5-1-2-6-11/h11-13,16H,1-10H2,(H,15,17). The van der Waals surface area contributed by atoms with Gasteiger partial charge in [-0.25, -0.2) is 0 Å². The molecule has 0 aromatic rings. The molecule has 0 aliphatic heterocycles. The van der Waals surface area contributed by atoms with Gasteiger partial charge >= 0.3 is 0 Å². The Kier molecular flexibility index (Phi) is 4.84. The van der Waals surface area contributed by atoms with Crippen LogP contribution in [0.1, 0.15) is 64.2 Å². The minimum atomic E-state index is -0.320. The van der Waals surface area contributed by atoms with Gasteiger partial charge in [0.15, 0.2) is 0 Å². The van der Waals surface area contributed by atoms with Crippen LogP contribution in [0.3, 0.4) is 0 Å². The average molecular weight is 239 g/mol. The highest BCUT2D eigenvalue weighted by Gasteiger charge is 2.24. The van der Waals surface area contributed by atoms with Crippen LogP contribution in [0.25, 0.3) is 0 Å². The second-order valence-corrected chi connectivity index (χ2v) is 5.71. The molecule has 2 fully saturated rings. The van der Waals surface area contributed by atoms with Gasteiger partial charge in [-0.3, -0.25) is 4.79 Å². The molecule has 3 heteroatoms. The topological polar surface area (TPSA) is 49.3 Å². The van der Waals surface area contributed by atoms with Crippen molar-refractivity contribution in [2.24, 2.45) is 5.92 Å². The van der Waals surface area contributed by atoms with Crippen molar-refractivity contribution in [3.8, 4) is 0 Å². The molecular formula is C14H25NO2. The number of hydrogen-bond donors (Lipinski definition) is 2. The molecule has 0 aromatic carbocycles. The second-order valence-electron chi connectivity index (χ2n) is 5.71. The van der Waals surface area contributed by atoms with Crippen LogP contribution in [-0.2, 0) is 4.79 Å². The summed E-state index contributed by atoms with van der Waals surface area (Å²) in [6.07, 6.45) is 10.7. The van der Waals surface area contributed by atoms with Gasteiger partial charge in [0, 0.05) is 6.42 Å². The summed E-state index contributed by atoms with van der Waals surface area (Å²) < 4.78 is 0. The van der Waals surface area contributed by atoms with Gasteiger partial charge in [0.2, 0.25) is 5.91 Å². The summed E-state index contributed by atoms with van der Waals surface area (Å²) in [4.78, 5) is 11.8. The number of aliphatic hydroxyl groups excluding tert-OH is 1. The highest BCUT2D eigenvalue weighted by molar-refractivity contribution is 5.76. The normalized spacial score (nSPS) is 30.4. The summed E-state index contributed by atoms with van der Waals surface area (Å²) in [6.45, 7) is 0. The van der Waals surface area contributed by atoms with Crippen molar-refractivity contribution in [1.82, 2.24) is 5.32 Å². The van der Waals surface area contributed by atoms with Gasteiger partial charge in [-0.2, -0.15) is 0 Å². The minimum Gasteiger partial charge on any atom is -0.391 e. The zero-order chi connectivity index (χ0) is 12.1. The third-order valence-electron chi connectivity index (χ3n) is 4.33. The maximum Gasteiger partial charge on any atom is 0.220 e. The summed E-state index contributed by atoms with van der Waals surface area (Å²) in [7, 11) is 0. The van der Waals surface area contributed by atoms with Crippen LogP contribution >= 0.6 is 0 Å². The number of rotatable bonds is 4. The van der Waals surface area contributed by atoms with Crippen molar-refractivity contribution in [1.29, 1.82) is 0 Å². The van der Waals surface area contributed by atoms with E-state index in [2.05, 4.69) is 5.32 Å². The quantitative estimate of drug-likeness (QED) is 0.791. The molecule has 98 valence electrons. The molecule has 2 unspecified atom stereocenters. The highest BCUT2D eigenvalue weighted by Crippen LogP contribution is 2.28. The molecule has 2 aliphatic rings. The molecule has 0 bridgehead atoms. The van der Waals surface area contributed by atoms with Gasteiger partial charge in [-0.1, -0.05) is 38.5 Å². The number of carbonyl (C=O) groups excluding carboxylic acids is 1. The van der Waals surface area contributed by atoms with E-state index in [1.54, 1.807) is 0 Å². The van der Waals surface area contributed by atoms with E-state index in [-0.39, 0.29) is 18.1 Å². The fraction of sp³-hybridized carbons (Fsp3) is 0.929. The first-order valence-electron chi connectivity index (χ1n) is 7.23. The van der Waals surface area contributed by atoms with E-state index in [4.69, 9.17) is 0 Å². The Morgan fingerprint density at radius 2 is 1.71 bits per heavy atom. The van der Waals surface area contributed by atoms with Crippen molar-refractivity contribution in [2.45, 2.75) is 76.4 Å². The monoisotopic (exact) mass is 239 g/mol. The van der Waals surface area contributed by atoms with Crippen molar-refractivity contribution < 1.29 is 9.90 Å². The van der Waals surface area contributed by atoms with E-state index in [0.29, 0.717) is 6.42 Å². The zero-order valence-electron chi connectivity index (χ0n) is 10.7. The second kappa shape index (κ2) is 6.39. The number of aliphatic hydroxyl groups is 1. The van der Waals surface area contributed by atoms with E-state index >= 15 is 0 Å². The average Bonchev–Trinajstić information content (AvgIpc) is 2.82. The van der Waals surface area contributed by atoms with Crippen LogP contribution in [0.4, 0.5) is 0 Å². The molecule has 0 saturated heterocycles. The molecule has 0 heterocycles. The van der Waals surface area contributed by atoms with Crippen molar-refractivity contribution >= 4 is 5.91 Å². The van der Waals surface area contributed by atoms with E-state index in [1.807, 2.05) is 0 Å². The summed E-state index contributed by atoms with van der Waals surface area (Å²) in [6, 6.07) is 0.0137. The Morgan fingerprint density at radius 3 is 2.41 bits per heavy atom. The van der Waals surface area contributed by atoms with Crippen LogP contribution in [0.5, 0.6) is 0 Å². The summed E-state index contributed by atoms with van der Waals surface area (Å²) in [5.41, 5.74) is 0. The third kappa shape index (κ3) is 3.98. The molecule has 17 heavy (non-hydrogen) atoms. The smallest absolute Gasteiger partial charge is 0.220 e. The number of carbonyl (C=O) groups is 1. The Bertz CT molecular complexity index is 249. The van der Waals surface area contributed by atoms with Crippen molar-refractivity contribution in [3.05, 3.63) is 0 Å². The first kappa shape index (κ1) is 12.9. The fourth-order valence-corrected chi connectivity index (χ4v) is 3.19. The van der Waals surface area contributed by atoms with Gasteiger partial charge in [0.1, 0.15) is 0 Å². The number of nitrogens with one attached hydrogen (secondary N) is 1. The first-order valence-corrected chi connectivity index (χ1v) is 7.23. The molecule has 2 N–H and O–H groups in total. The van der Waals surface area contributed by atoms with Gasteiger partial charge in [-0.15, -0.1) is 0 Å². The van der Waals surface area contributed by atoms with E-state index < -0.39 is 0 Å². The van der Waals surface area contributed by atoms with Gasteiger partial charge in [0.25, 0.3) is 0 Å². The molecule has 0 spiro atoms. The molecule has 0 radical (unpaired) electrons. The van der Waals surface area contributed by atoms with Gasteiger partial charge in [0.05, 0.1) is 12.1 Å². The summed E-state index contributed by atoms with van der Waals surface area (Å²) >= 11 is 0. The molecule has 1 amide bonds. The molecule has 2 rings (SSSR count). The molecule has 2 aliphatic carbocycles. The van der Waals surface area contributed by atoms with Crippen LogP contribution in [-0.4, -0.2) is 23.2 Å². The van der Waals surface area contributed by atoms with Crippen molar-refractivity contribution in [3.63, 3.8) is 0 Å². The molecule has 0 aromatic heterocycles. The van der Waals surface area contributed by atoms with E-state index in [0.717, 1.165) is 38.0 Å². The maximum atomic E-state index is 11.8. The van der Waals surface area contributed by atoms with E-state index in [9.17, 15) is 9.90 Å². The van der Waals surface area contributed by atoms with Crippen LogP contribution in [0.2, 0.25) is 0 Å². The van der Waals surface area contributed by atoms with Crippen LogP contribution < -0.4 is 5.32 Å². The lowest BCUT2D eigenvalue weighted by Gasteiger charge is -2.28. The molecule has 2 atom stereocenters. The predicted molar refractivity (Wildman–Crippen MR) is 67.6 cm³/mol. The first-order chi connectivity index (χ1) is 8.25. The predicted octanol–water partition coefficient (Wildman–Crippen LogP) is 2.38. The number of hydrogen-bond acceptors (Lipinski definition) is 2.